The van der Waals surface area contributed by atoms with Gasteiger partial charge in [-0.15, -0.1) is 0 Å². The zero-order valence-corrected chi connectivity index (χ0v) is 17.8. The summed E-state index contributed by atoms with van der Waals surface area (Å²) in [5, 5.41) is 6.94. The highest BCUT2D eigenvalue weighted by Gasteiger charge is 2.20. The molecule has 9 heteroatoms. The first-order chi connectivity index (χ1) is 14.9. The van der Waals surface area contributed by atoms with E-state index < -0.39 is 27.7 Å². The number of rotatable bonds is 4. The summed E-state index contributed by atoms with van der Waals surface area (Å²) in [5.74, 6) is -1.38. The molecule has 0 aliphatic heterocycles. The van der Waals surface area contributed by atoms with Crippen LogP contribution in [0.4, 0.5) is 10.5 Å². The van der Waals surface area contributed by atoms with Crippen molar-refractivity contribution in [2.75, 3.05) is 12.4 Å². The number of fused-ring (bicyclic) bond motifs is 2. The number of aromatic nitrogens is 1. The standard InChI is InChI=1S/C22H16ClN3O4S/c1-24-21(28)20(27)17-11-25-19-10-13(5-7-16(17)19)26-22(29)31(30)14-6-8-15-12(9-14)3-2-4-18(15)23/h2-11,25H,1H3,(H,24,28)(H,26,29). The van der Waals surface area contributed by atoms with Gasteiger partial charge in [0, 0.05) is 45.1 Å². The van der Waals surface area contributed by atoms with E-state index in [1.165, 1.54) is 13.2 Å². The summed E-state index contributed by atoms with van der Waals surface area (Å²) in [6.45, 7) is 0. The number of aromatic amines is 1. The third-order valence-corrected chi connectivity index (χ3v) is 6.24. The highest BCUT2D eigenvalue weighted by Crippen LogP contribution is 2.26. The second-order valence-corrected chi connectivity index (χ2v) is 8.46. The lowest BCUT2D eigenvalue weighted by Crippen LogP contribution is -2.27. The molecule has 1 aromatic heterocycles. The zero-order valence-electron chi connectivity index (χ0n) is 16.2. The van der Waals surface area contributed by atoms with Gasteiger partial charge in [-0.05, 0) is 35.7 Å². The van der Waals surface area contributed by atoms with Gasteiger partial charge in [-0.3, -0.25) is 14.4 Å². The van der Waals surface area contributed by atoms with Gasteiger partial charge in [-0.2, -0.15) is 0 Å². The summed E-state index contributed by atoms with van der Waals surface area (Å²) in [6.07, 6.45) is 1.44. The van der Waals surface area contributed by atoms with Crippen LogP contribution in [-0.4, -0.2) is 33.2 Å². The van der Waals surface area contributed by atoms with E-state index in [2.05, 4.69) is 15.6 Å². The van der Waals surface area contributed by atoms with Crippen LogP contribution < -0.4 is 10.6 Å². The van der Waals surface area contributed by atoms with Gasteiger partial charge in [0.05, 0.1) is 5.56 Å². The van der Waals surface area contributed by atoms with E-state index in [4.69, 9.17) is 11.6 Å². The summed E-state index contributed by atoms with van der Waals surface area (Å²) in [5.41, 5.74) is 1.18. The molecule has 2 amide bonds. The molecule has 0 radical (unpaired) electrons. The van der Waals surface area contributed by atoms with E-state index in [9.17, 15) is 18.6 Å². The van der Waals surface area contributed by atoms with Gasteiger partial charge in [0.2, 0.25) is 0 Å². The monoisotopic (exact) mass is 453 g/mol. The fourth-order valence-electron chi connectivity index (χ4n) is 3.24. The van der Waals surface area contributed by atoms with Crippen molar-refractivity contribution >= 4 is 66.7 Å². The molecule has 0 aliphatic rings. The Morgan fingerprint density at radius 3 is 2.55 bits per heavy atom. The molecular formula is C22H16ClN3O4S. The van der Waals surface area contributed by atoms with Gasteiger partial charge in [-0.1, -0.05) is 35.9 Å². The first-order valence-corrected chi connectivity index (χ1v) is 10.7. The van der Waals surface area contributed by atoms with Crippen LogP contribution in [0, 0.1) is 0 Å². The van der Waals surface area contributed by atoms with Gasteiger partial charge < -0.3 is 15.6 Å². The number of Topliss-reactive ketones (excluding diaryl/α,β-unsaturated/α-hetero) is 1. The highest BCUT2D eigenvalue weighted by molar-refractivity contribution is 8.00. The van der Waals surface area contributed by atoms with E-state index in [-0.39, 0.29) is 5.56 Å². The Labute approximate surface area is 184 Å². The Morgan fingerprint density at radius 2 is 1.77 bits per heavy atom. The predicted molar refractivity (Wildman–Crippen MR) is 121 cm³/mol. The Balaban J connectivity index is 1.56. The van der Waals surface area contributed by atoms with E-state index in [1.54, 1.807) is 48.5 Å². The van der Waals surface area contributed by atoms with Gasteiger partial charge in [-0.25, -0.2) is 4.21 Å². The van der Waals surface area contributed by atoms with Crippen LogP contribution in [0.2, 0.25) is 5.02 Å². The number of halogens is 1. The Hall–Kier alpha value is -3.49. The minimum Gasteiger partial charge on any atom is -0.360 e. The maximum atomic E-state index is 12.7. The number of H-pyrrole nitrogens is 1. The molecule has 7 nitrogen and oxygen atoms in total. The molecule has 4 rings (SSSR count). The zero-order chi connectivity index (χ0) is 22.1. The molecule has 0 saturated heterocycles. The van der Waals surface area contributed by atoms with E-state index >= 15 is 0 Å². The maximum absolute atomic E-state index is 12.7. The van der Waals surface area contributed by atoms with E-state index in [0.717, 1.165) is 10.8 Å². The Kier molecular flexibility index (Phi) is 5.58. The molecule has 1 unspecified atom stereocenters. The van der Waals surface area contributed by atoms with E-state index in [1.807, 2.05) is 6.07 Å². The van der Waals surface area contributed by atoms with Crippen molar-refractivity contribution in [1.82, 2.24) is 10.3 Å². The highest BCUT2D eigenvalue weighted by atomic mass is 35.5. The molecule has 0 spiro atoms. The number of nitrogens with one attached hydrogen (secondary N) is 3. The number of anilines is 1. The van der Waals surface area contributed by atoms with Gasteiger partial charge in [0.1, 0.15) is 10.8 Å². The van der Waals surface area contributed by atoms with E-state index in [0.29, 0.717) is 26.5 Å². The average Bonchev–Trinajstić information content (AvgIpc) is 3.20. The van der Waals surface area contributed by atoms with Crippen molar-refractivity contribution in [3.05, 3.63) is 71.4 Å². The molecule has 1 atom stereocenters. The van der Waals surface area contributed by atoms with Crippen LogP contribution in [0.1, 0.15) is 10.4 Å². The van der Waals surface area contributed by atoms with Crippen molar-refractivity contribution in [3.8, 4) is 0 Å². The third-order valence-electron chi connectivity index (χ3n) is 4.79. The molecule has 0 aliphatic carbocycles. The van der Waals surface area contributed by atoms with Crippen molar-refractivity contribution in [2.45, 2.75) is 4.90 Å². The molecular weight excluding hydrogens is 438 g/mol. The summed E-state index contributed by atoms with van der Waals surface area (Å²) in [6, 6.07) is 15.2. The summed E-state index contributed by atoms with van der Waals surface area (Å²) >= 11 is 6.15. The van der Waals surface area contributed by atoms with Crippen LogP contribution in [-0.2, 0) is 15.6 Å². The first-order valence-electron chi connectivity index (χ1n) is 9.17. The third kappa shape index (κ3) is 3.95. The Morgan fingerprint density at radius 1 is 1.00 bits per heavy atom. The predicted octanol–water partition coefficient (Wildman–Crippen LogP) is 4.24. The first kappa shape index (κ1) is 20.8. The van der Waals surface area contributed by atoms with Gasteiger partial charge in [0.15, 0.2) is 0 Å². The molecule has 31 heavy (non-hydrogen) atoms. The number of carbonyl (C=O) groups excluding carboxylic acids is 3. The summed E-state index contributed by atoms with van der Waals surface area (Å²) in [7, 11) is -0.563. The number of ketones is 1. The molecule has 4 aromatic rings. The van der Waals surface area contributed by atoms with Crippen LogP contribution in [0.25, 0.3) is 21.7 Å². The van der Waals surface area contributed by atoms with Crippen LogP contribution >= 0.6 is 11.6 Å². The number of amides is 2. The van der Waals surface area contributed by atoms with Crippen molar-refractivity contribution in [1.29, 1.82) is 0 Å². The molecule has 0 saturated carbocycles. The van der Waals surface area contributed by atoms with Gasteiger partial charge >= 0.3 is 5.24 Å². The molecule has 156 valence electrons. The van der Waals surface area contributed by atoms with Crippen molar-refractivity contribution < 1.29 is 18.6 Å². The molecule has 3 aromatic carbocycles. The second kappa shape index (κ2) is 8.33. The minimum atomic E-state index is -1.94. The summed E-state index contributed by atoms with van der Waals surface area (Å²) in [4.78, 5) is 39.5. The molecule has 0 fully saturated rings. The lowest BCUT2D eigenvalue weighted by Gasteiger charge is -2.07. The second-order valence-electron chi connectivity index (χ2n) is 6.67. The number of carbonyl (C=O) groups is 3. The fourth-order valence-corrected chi connectivity index (χ4v) is 4.33. The topological polar surface area (TPSA) is 108 Å². The lowest BCUT2D eigenvalue weighted by molar-refractivity contribution is -0.116. The molecule has 3 N–H and O–H groups in total. The normalized spacial score (nSPS) is 11.9. The smallest absolute Gasteiger partial charge is 0.318 e. The van der Waals surface area contributed by atoms with Crippen LogP contribution in [0.3, 0.4) is 0 Å². The largest absolute Gasteiger partial charge is 0.360 e. The molecule has 1 heterocycles. The van der Waals surface area contributed by atoms with Crippen molar-refractivity contribution in [3.63, 3.8) is 0 Å². The number of hydrogen-bond acceptors (Lipinski definition) is 4. The Bertz CT molecular complexity index is 1400. The lowest BCUT2D eigenvalue weighted by atomic mass is 10.1. The quantitative estimate of drug-likeness (QED) is 0.317. The van der Waals surface area contributed by atoms with Gasteiger partial charge in [0.25, 0.3) is 11.7 Å². The van der Waals surface area contributed by atoms with Crippen LogP contribution in [0.5, 0.6) is 0 Å². The fraction of sp³-hybridized carbons (Fsp3) is 0.0455. The summed E-state index contributed by atoms with van der Waals surface area (Å²) < 4.78 is 12.7. The van der Waals surface area contributed by atoms with Crippen molar-refractivity contribution in [2.24, 2.45) is 0 Å². The minimum absolute atomic E-state index is 0.227. The maximum Gasteiger partial charge on any atom is 0.318 e. The number of likely N-dealkylation sites (N-methyl/N-ethyl adjacent to an activating group) is 1. The van der Waals surface area contributed by atoms with Crippen LogP contribution in [0.15, 0.2) is 65.7 Å². The number of benzene rings is 3. The number of hydrogen-bond donors (Lipinski definition) is 3. The average molecular weight is 454 g/mol. The molecule has 0 bridgehead atoms. The SMILES string of the molecule is CNC(=O)C(=O)c1c[nH]c2cc(NC(=O)S(=O)c3ccc4c(Cl)cccc4c3)ccc12.